The van der Waals surface area contributed by atoms with E-state index in [1.165, 1.54) is 24.7 Å². The zero-order valence-corrected chi connectivity index (χ0v) is 21.9. The van der Waals surface area contributed by atoms with Crippen molar-refractivity contribution in [3.8, 4) is 33.8 Å². The van der Waals surface area contributed by atoms with Gasteiger partial charge in [-0.15, -0.1) is 0 Å². The molecule has 0 atom stereocenters. The van der Waals surface area contributed by atoms with Crippen molar-refractivity contribution in [1.82, 2.24) is 35.1 Å². The molecule has 0 aliphatic carbocycles. The molecule has 11 heteroatoms. The van der Waals surface area contributed by atoms with Crippen LogP contribution in [0.4, 0.5) is 14.5 Å². The van der Waals surface area contributed by atoms with E-state index in [1.54, 1.807) is 36.5 Å². The number of fused-ring (bicyclic) bond motifs is 2. The Morgan fingerprint density at radius 2 is 1.80 bits per heavy atom. The van der Waals surface area contributed by atoms with Crippen LogP contribution < -0.4 is 5.32 Å². The van der Waals surface area contributed by atoms with Crippen molar-refractivity contribution in [2.45, 2.75) is 27.2 Å². The number of anilines is 1. The number of hydrogen-bond donors (Lipinski definition) is 3. The van der Waals surface area contributed by atoms with Crippen LogP contribution in [0.5, 0.6) is 0 Å². The van der Waals surface area contributed by atoms with Crippen LogP contribution in [-0.4, -0.2) is 41.0 Å². The SMILES string of the molecule is CC(C)(C)CC(=O)Nc1cncc(-c2cnc3[nH]nc(-c4nc5c(-c6ccccc6F)ccnc5[nH]4)c3c2F)c1. The van der Waals surface area contributed by atoms with Gasteiger partial charge in [0.15, 0.2) is 17.1 Å². The van der Waals surface area contributed by atoms with E-state index < -0.39 is 11.6 Å². The van der Waals surface area contributed by atoms with Gasteiger partial charge in [0.2, 0.25) is 5.91 Å². The van der Waals surface area contributed by atoms with E-state index in [2.05, 4.69) is 40.4 Å². The first-order valence-electron chi connectivity index (χ1n) is 12.6. The Kier molecular flexibility index (Phi) is 6.05. The standard InChI is InChI=1S/C29H24F2N8O/c1-29(2,3)11-21(40)35-16-10-15(12-32-13-16)19-14-34-26-22(23(19)31)25(38-39-26)28-36-24-18(8-9-33-27(24)37-28)17-6-4-5-7-20(17)30/h4-10,12-14H,11H2,1-3H3,(H,35,40)(H,33,36,37)(H,34,38,39). The fourth-order valence-electron chi connectivity index (χ4n) is 4.59. The number of imidazole rings is 1. The third-order valence-corrected chi connectivity index (χ3v) is 6.32. The van der Waals surface area contributed by atoms with Gasteiger partial charge in [0.25, 0.3) is 0 Å². The third-order valence-electron chi connectivity index (χ3n) is 6.32. The Morgan fingerprint density at radius 3 is 2.60 bits per heavy atom. The van der Waals surface area contributed by atoms with Crippen molar-refractivity contribution in [2.75, 3.05) is 5.32 Å². The molecule has 40 heavy (non-hydrogen) atoms. The van der Waals surface area contributed by atoms with Crippen LogP contribution in [0.15, 0.2) is 61.2 Å². The highest BCUT2D eigenvalue weighted by Gasteiger charge is 2.22. The van der Waals surface area contributed by atoms with Crippen LogP contribution >= 0.6 is 0 Å². The Labute approximate surface area is 227 Å². The molecule has 0 fully saturated rings. The van der Waals surface area contributed by atoms with Gasteiger partial charge in [-0.05, 0) is 23.6 Å². The van der Waals surface area contributed by atoms with Crippen LogP contribution in [0.2, 0.25) is 0 Å². The van der Waals surface area contributed by atoms with Gasteiger partial charge in [0.1, 0.15) is 22.8 Å². The zero-order valence-electron chi connectivity index (χ0n) is 21.9. The first-order valence-corrected chi connectivity index (χ1v) is 12.6. The van der Waals surface area contributed by atoms with Crippen molar-refractivity contribution >= 4 is 33.8 Å². The second kappa shape index (κ2) is 9.60. The summed E-state index contributed by atoms with van der Waals surface area (Å²) in [4.78, 5) is 33.0. The zero-order chi connectivity index (χ0) is 28.0. The minimum atomic E-state index is -0.587. The topological polar surface area (TPSA) is 125 Å². The molecular weight excluding hydrogens is 514 g/mol. The minimum absolute atomic E-state index is 0.117. The van der Waals surface area contributed by atoms with Crippen molar-refractivity contribution < 1.29 is 13.6 Å². The molecule has 1 aromatic carbocycles. The summed E-state index contributed by atoms with van der Waals surface area (Å²) in [7, 11) is 0. The number of hydrogen-bond acceptors (Lipinski definition) is 6. The molecule has 5 heterocycles. The summed E-state index contributed by atoms with van der Waals surface area (Å²) in [6, 6.07) is 9.70. The van der Waals surface area contributed by atoms with E-state index >= 15 is 4.39 Å². The summed E-state index contributed by atoms with van der Waals surface area (Å²) in [6.45, 7) is 5.91. The molecule has 0 saturated heterocycles. The van der Waals surface area contributed by atoms with Gasteiger partial charge >= 0.3 is 0 Å². The monoisotopic (exact) mass is 538 g/mol. The lowest BCUT2D eigenvalue weighted by molar-refractivity contribution is -0.117. The average Bonchev–Trinajstić information content (AvgIpc) is 3.53. The lowest BCUT2D eigenvalue weighted by atomic mass is 9.92. The largest absolute Gasteiger partial charge is 0.325 e. The molecule has 0 unspecified atom stereocenters. The first-order chi connectivity index (χ1) is 19.2. The normalized spacial score (nSPS) is 11.8. The van der Waals surface area contributed by atoms with E-state index in [0.29, 0.717) is 40.0 Å². The molecule has 0 saturated carbocycles. The molecule has 6 rings (SSSR count). The third kappa shape index (κ3) is 4.66. The number of pyridine rings is 3. The van der Waals surface area contributed by atoms with Crippen molar-refractivity contribution in [3.05, 3.63) is 72.8 Å². The van der Waals surface area contributed by atoms with Crippen LogP contribution in [0.1, 0.15) is 27.2 Å². The molecule has 0 bridgehead atoms. The van der Waals surface area contributed by atoms with E-state index in [0.717, 1.165) is 0 Å². The highest BCUT2D eigenvalue weighted by molar-refractivity contribution is 5.97. The van der Waals surface area contributed by atoms with Crippen LogP contribution in [0.25, 0.3) is 56.0 Å². The van der Waals surface area contributed by atoms with Gasteiger partial charge < -0.3 is 10.3 Å². The second-order valence-corrected chi connectivity index (χ2v) is 10.7. The summed E-state index contributed by atoms with van der Waals surface area (Å²) < 4.78 is 30.6. The predicted molar refractivity (Wildman–Crippen MR) is 148 cm³/mol. The van der Waals surface area contributed by atoms with E-state index in [1.807, 2.05) is 20.8 Å². The number of benzene rings is 1. The fraction of sp³-hybridized carbons (Fsp3) is 0.172. The summed E-state index contributed by atoms with van der Waals surface area (Å²) in [6.07, 6.45) is 6.26. The van der Waals surface area contributed by atoms with Crippen molar-refractivity contribution in [1.29, 1.82) is 0 Å². The maximum Gasteiger partial charge on any atom is 0.224 e. The van der Waals surface area contributed by atoms with Gasteiger partial charge in [-0.25, -0.2) is 23.7 Å². The summed E-state index contributed by atoms with van der Waals surface area (Å²) in [5.41, 5.74) is 3.03. The second-order valence-electron chi connectivity index (χ2n) is 10.7. The highest BCUT2D eigenvalue weighted by Crippen LogP contribution is 2.35. The number of aromatic amines is 2. The van der Waals surface area contributed by atoms with Gasteiger partial charge in [-0.1, -0.05) is 39.0 Å². The molecule has 9 nitrogen and oxygen atoms in total. The number of amides is 1. The Hall–Kier alpha value is -5.06. The molecule has 6 aromatic rings. The van der Waals surface area contributed by atoms with E-state index in [9.17, 15) is 9.18 Å². The quantitative estimate of drug-likeness (QED) is 0.237. The molecule has 0 radical (unpaired) electrons. The maximum absolute atomic E-state index is 16.1. The molecule has 1 amide bonds. The number of rotatable bonds is 5. The molecule has 0 spiro atoms. The van der Waals surface area contributed by atoms with Gasteiger partial charge in [-0.3, -0.25) is 14.9 Å². The lowest BCUT2D eigenvalue weighted by Crippen LogP contribution is -2.19. The molecular formula is C29H24F2N8O. The number of halogens is 2. The van der Waals surface area contributed by atoms with Crippen LogP contribution in [0, 0.1) is 17.0 Å². The van der Waals surface area contributed by atoms with E-state index in [4.69, 9.17) is 0 Å². The Balaban J connectivity index is 1.41. The van der Waals surface area contributed by atoms with Crippen molar-refractivity contribution in [3.63, 3.8) is 0 Å². The van der Waals surface area contributed by atoms with E-state index in [-0.39, 0.29) is 39.4 Å². The highest BCUT2D eigenvalue weighted by atomic mass is 19.1. The molecule has 0 aliphatic heterocycles. The molecule has 5 aromatic heterocycles. The van der Waals surface area contributed by atoms with Crippen LogP contribution in [-0.2, 0) is 4.79 Å². The van der Waals surface area contributed by atoms with Crippen LogP contribution in [0.3, 0.4) is 0 Å². The molecule has 200 valence electrons. The number of aromatic nitrogens is 7. The average molecular weight is 539 g/mol. The minimum Gasteiger partial charge on any atom is -0.325 e. The number of carbonyl (C=O) groups is 1. The van der Waals surface area contributed by atoms with Gasteiger partial charge in [0.05, 0.1) is 17.3 Å². The summed E-state index contributed by atoms with van der Waals surface area (Å²) in [5.74, 6) is -0.894. The number of nitrogens with one attached hydrogen (secondary N) is 3. The van der Waals surface area contributed by atoms with Crippen molar-refractivity contribution in [2.24, 2.45) is 5.41 Å². The Bertz CT molecular complexity index is 1900. The molecule has 3 N–H and O–H groups in total. The fourth-order valence-corrected chi connectivity index (χ4v) is 4.59. The maximum atomic E-state index is 16.1. The predicted octanol–water partition coefficient (Wildman–Crippen LogP) is 6.28. The van der Waals surface area contributed by atoms with Gasteiger partial charge in [0, 0.05) is 47.3 Å². The molecule has 0 aliphatic rings. The lowest BCUT2D eigenvalue weighted by Gasteiger charge is -2.17. The number of carbonyl (C=O) groups excluding carboxylic acids is 1. The number of nitrogens with zero attached hydrogens (tertiary/aromatic N) is 5. The van der Waals surface area contributed by atoms with Gasteiger partial charge in [-0.2, -0.15) is 5.10 Å². The number of H-pyrrole nitrogens is 2. The summed E-state index contributed by atoms with van der Waals surface area (Å²) >= 11 is 0. The first kappa shape index (κ1) is 25.2. The summed E-state index contributed by atoms with van der Waals surface area (Å²) in [5, 5.41) is 9.96. The smallest absolute Gasteiger partial charge is 0.224 e. The Morgan fingerprint density at radius 1 is 0.975 bits per heavy atom.